The van der Waals surface area contributed by atoms with Gasteiger partial charge in [0.05, 0.1) is 12.4 Å². The summed E-state index contributed by atoms with van der Waals surface area (Å²) in [6, 6.07) is 0. The van der Waals surface area contributed by atoms with Crippen LogP contribution in [0.15, 0.2) is 12.4 Å². The zero-order valence-corrected chi connectivity index (χ0v) is 13.0. The Bertz CT molecular complexity index is 516. The SMILES string of the molecule is CCCNCC1CCN(S(=O)(=O)Nc2nccnn2)CC1. The molecule has 21 heavy (non-hydrogen) atoms. The molecule has 2 rings (SSSR count). The van der Waals surface area contributed by atoms with Gasteiger partial charge < -0.3 is 5.32 Å². The molecule has 1 aromatic heterocycles. The van der Waals surface area contributed by atoms with Gasteiger partial charge in [-0.05, 0) is 38.3 Å². The van der Waals surface area contributed by atoms with E-state index in [0.717, 1.165) is 32.4 Å². The van der Waals surface area contributed by atoms with Crippen LogP contribution in [0.5, 0.6) is 0 Å². The molecule has 0 aromatic carbocycles. The standard InChI is InChI=1S/C12H22N6O2S/c1-2-5-13-10-11-3-8-18(9-4-11)21(19,20)17-12-14-6-7-15-16-12/h6-7,11,13H,2-5,8-10H2,1H3,(H,14,16,17). The highest BCUT2D eigenvalue weighted by molar-refractivity contribution is 7.90. The maximum atomic E-state index is 12.2. The molecule has 2 heterocycles. The Labute approximate surface area is 125 Å². The fraction of sp³-hybridized carbons (Fsp3) is 0.750. The average Bonchev–Trinajstić information content (AvgIpc) is 2.49. The van der Waals surface area contributed by atoms with Crippen LogP contribution in [0.4, 0.5) is 5.95 Å². The van der Waals surface area contributed by atoms with Crippen LogP contribution in [0.2, 0.25) is 0 Å². The van der Waals surface area contributed by atoms with Crippen LogP contribution in [-0.4, -0.2) is 54.1 Å². The van der Waals surface area contributed by atoms with Gasteiger partial charge in [0.15, 0.2) is 0 Å². The number of aromatic nitrogens is 3. The quantitative estimate of drug-likeness (QED) is 0.699. The molecule has 2 N–H and O–H groups in total. The van der Waals surface area contributed by atoms with E-state index in [0.29, 0.717) is 19.0 Å². The maximum absolute atomic E-state index is 12.2. The molecule has 1 aliphatic heterocycles. The lowest BCUT2D eigenvalue weighted by molar-refractivity contribution is 0.269. The average molecular weight is 314 g/mol. The first-order valence-electron chi connectivity index (χ1n) is 7.24. The summed E-state index contributed by atoms with van der Waals surface area (Å²) in [5, 5.41) is 10.6. The van der Waals surface area contributed by atoms with E-state index in [1.807, 2.05) is 0 Å². The van der Waals surface area contributed by atoms with E-state index in [-0.39, 0.29) is 5.95 Å². The van der Waals surface area contributed by atoms with Crippen molar-refractivity contribution >= 4 is 16.2 Å². The highest BCUT2D eigenvalue weighted by Gasteiger charge is 2.28. The summed E-state index contributed by atoms with van der Waals surface area (Å²) in [5.74, 6) is 0.543. The molecule has 1 aromatic rings. The second-order valence-electron chi connectivity index (χ2n) is 5.12. The van der Waals surface area contributed by atoms with Gasteiger partial charge in [-0.2, -0.15) is 17.8 Å². The third-order valence-electron chi connectivity index (χ3n) is 3.48. The van der Waals surface area contributed by atoms with E-state index >= 15 is 0 Å². The number of rotatable bonds is 7. The summed E-state index contributed by atoms with van der Waals surface area (Å²) in [6.07, 6.45) is 5.64. The first kappa shape index (κ1) is 16.1. The maximum Gasteiger partial charge on any atom is 0.304 e. The molecule has 0 unspecified atom stereocenters. The highest BCUT2D eigenvalue weighted by atomic mass is 32.2. The Morgan fingerprint density at radius 2 is 2.10 bits per heavy atom. The molecule has 0 amide bonds. The molecule has 8 nitrogen and oxygen atoms in total. The molecule has 0 saturated carbocycles. The van der Waals surface area contributed by atoms with E-state index in [1.54, 1.807) is 0 Å². The number of hydrogen-bond donors (Lipinski definition) is 2. The molecular formula is C12H22N6O2S. The van der Waals surface area contributed by atoms with Gasteiger partial charge in [0.2, 0.25) is 0 Å². The Balaban J connectivity index is 1.83. The van der Waals surface area contributed by atoms with E-state index in [9.17, 15) is 8.42 Å². The van der Waals surface area contributed by atoms with Crippen molar-refractivity contribution in [1.82, 2.24) is 24.8 Å². The van der Waals surface area contributed by atoms with Gasteiger partial charge in [-0.1, -0.05) is 6.92 Å². The normalized spacial score (nSPS) is 17.8. The fourth-order valence-corrected chi connectivity index (χ4v) is 3.46. The molecule has 1 fully saturated rings. The van der Waals surface area contributed by atoms with Crippen LogP contribution in [-0.2, 0) is 10.2 Å². The van der Waals surface area contributed by atoms with E-state index in [1.165, 1.54) is 16.7 Å². The predicted molar refractivity (Wildman–Crippen MR) is 79.8 cm³/mol. The number of hydrogen-bond acceptors (Lipinski definition) is 6. The van der Waals surface area contributed by atoms with Crippen molar-refractivity contribution in [3.8, 4) is 0 Å². The summed E-state index contributed by atoms with van der Waals surface area (Å²) in [4.78, 5) is 3.82. The lowest BCUT2D eigenvalue weighted by Gasteiger charge is -2.31. The van der Waals surface area contributed by atoms with Crippen molar-refractivity contribution in [2.75, 3.05) is 30.9 Å². The second kappa shape index (κ2) is 7.62. The van der Waals surface area contributed by atoms with Crippen LogP contribution in [0.25, 0.3) is 0 Å². The van der Waals surface area contributed by atoms with Gasteiger partial charge in [-0.3, -0.25) is 0 Å². The van der Waals surface area contributed by atoms with E-state index < -0.39 is 10.2 Å². The Morgan fingerprint density at radius 3 is 2.71 bits per heavy atom. The highest BCUT2D eigenvalue weighted by Crippen LogP contribution is 2.19. The fourth-order valence-electron chi connectivity index (χ4n) is 2.31. The molecule has 0 radical (unpaired) electrons. The van der Waals surface area contributed by atoms with Gasteiger partial charge in [0.1, 0.15) is 0 Å². The smallest absolute Gasteiger partial charge is 0.304 e. The Morgan fingerprint density at radius 1 is 1.33 bits per heavy atom. The Kier molecular flexibility index (Phi) is 5.83. The molecular weight excluding hydrogens is 292 g/mol. The van der Waals surface area contributed by atoms with Gasteiger partial charge in [-0.25, -0.2) is 9.71 Å². The Hall–Kier alpha value is -1.32. The summed E-state index contributed by atoms with van der Waals surface area (Å²) >= 11 is 0. The van der Waals surface area contributed by atoms with Gasteiger partial charge in [0.25, 0.3) is 5.95 Å². The third kappa shape index (κ3) is 4.87. The molecule has 0 spiro atoms. The van der Waals surface area contributed by atoms with Crippen LogP contribution >= 0.6 is 0 Å². The van der Waals surface area contributed by atoms with Gasteiger partial charge in [0, 0.05) is 13.1 Å². The second-order valence-corrected chi connectivity index (χ2v) is 6.79. The molecule has 9 heteroatoms. The topological polar surface area (TPSA) is 100 Å². The summed E-state index contributed by atoms with van der Waals surface area (Å²) < 4.78 is 28.2. The zero-order chi connectivity index (χ0) is 15.1. The van der Waals surface area contributed by atoms with Crippen molar-refractivity contribution in [1.29, 1.82) is 0 Å². The minimum Gasteiger partial charge on any atom is -0.316 e. The molecule has 0 aliphatic carbocycles. The van der Waals surface area contributed by atoms with Crippen LogP contribution < -0.4 is 10.0 Å². The number of anilines is 1. The summed E-state index contributed by atoms with van der Waals surface area (Å²) in [6.45, 7) is 5.15. The van der Waals surface area contributed by atoms with E-state index in [4.69, 9.17) is 0 Å². The zero-order valence-electron chi connectivity index (χ0n) is 12.2. The lowest BCUT2D eigenvalue weighted by atomic mass is 9.98. The lowest BCUT2D eigenvalue weighted by Crippen LogP contribution is -2.43. The number of piperidine rings is 1. The minimum atomic E-state index is -3.59. The molecule has 0 atom stereocenters. The monoisotopic (exact) mass is 314 g/mol. The van der Waals surface area contributed by atoms with E-state index in [2.05, 4.69) is 32.1 Å². The first-order chi connectivity index (χ1) is 10.1. The summed E-state index contributed by atoms with van der Waals surface area (Å²) in [7, 11) is -3.59. The van der Waals surface area contributed by atoms with Crippen LogP contribution in [0, 0.1) is 5.92 Å². The molecule has 1 aliphatic rings. The molecule has 0 bridgehead atoms. The predicted octanol–water partition coefficient (Wildman–Crippen LogP) is 0.240. The molecule has 118 valence electrons. The van der Waals surface area contributed by atoms with Crippen molar-refractivity contribution in [3.63, 3.8) is 0 Å². The van der Waals surface area contributed by atoms with Crippen molar-refractivity contribution in [3.05, 3.63) is 12.4 Å². The summed E-state index contributed by atoms with van der Waals surface area (Å²) in [5.41, 5.74) is 0. The third-order valence-corrected chi connectivity index (χ3v) is 4.96. The largest absolute Gasteiger partial charge is 0.316 e. The first-order valence-corrected chi connectivity index (χ1v) is 8.68. The van der Waals surface area contributed by atoms with Gasteiger partial charge >= 0.3 is 10.2 Å². The van der Waals surface area contributed by atoms with Crippen molar-refractivity contribution in [2.45, 2.75) is 26.2 Å². The minimum absolute atomic E-state index is 0.00392. The van der Waals surface area contributed by atoms with Crippen LogP contribution in [0.3, 0.4) is 0 Å². The number of nitrogens with one attached hydrogen (secondary N) is 2. The van der Waals surface area contributed by atoms with Crippen molar-refractivity contribution in [2.24, 2.45) is 5.92 Å². The van der Waals surface area contributed by atoms with Crippen molar-refractivity contribution < 1.29 is 8.42 Å². The molecule has 1 saturated heterocycles. The van der Waals surface area contributed by atoms with Crippen LogP contribution in [0.1, 0.15) is 26.2 Å². The van der Waals surface area contributed by atoms with Gasteiger partial charge in [-0.15, -0.1) is 5.10 Å². The number of nitrogens with zero attached hydrogens (tertiary/aromatic N) is 4.